The number of hydrogen-bond donors (Lipinski definition) is 1. The number of thiazole rings is 1. The molecule has 0 saturated carbocycles. The molecule has 0 spiro atoms. The molecule has 37 heavy (non-hydrogen) atoms. The van der Waals surface area contributed by atoms with Crippen LogP contribution in [0.25, 0.3) is 10.2 Å². The minimum atomic E-state index is -3.93. The molecule has 0 aliphatic heterocycles. The number of halogens is 2. The van der Waals surface area contributed by atoms with Gasteiger partial charge in [0.25, 0.3) is 15.9 Å². The molecule has 3 aromatic carbocycles. The van der Waals surface area contributed by atoms with E-state index in [0.29, 0.717) is 17.1 Å². The van der Waals surface area contributed by atoms with E-state index in [9.17, 15) is 22.0 Å². The molecule has 1 heterocycles. The lowest BCUT2D eigenvalue weighted by Crippen LogP contribution is -2.20. The fourth-order valence-electron chi connectivity index (χ4n) is 3.56. The van der Waals surface area contributed by atoms with E-state index in [0.717, 1.165) is 17.4 Å². The molecule has 194 valence electrons. The predicted octanol–water partition coefficient (Wildman–Crippen LogP) is 4.57. The fraction of sp³-hybridized carbons (Fsp3) is 0.200. The number of carbonyl (C=O) groups is 1. The highest BCUT2D eigenvalue weighted by molar-refractivity contribution is 7.92. The summed E-state index contributed by atoms with van der Waals surface area (Å²) in [6.07, 6.45) is 0. The average molecular weight is 548 g/mol. The molecule has 8 nitrogen and oxygen atoms in total. The third-order valence-corrected chi connectivity index (χ3v) is 7.71. The largest absolute Gasteiger partial charge is 0.497 e. The van der Waals surface area contributed by atoms with Gasteiger partial charge in [0.2, 0.25) is 0 Å². The quantitative estimate of drug-likeness (QED) is 0.310. The Morgan fingerprint density at radius 1 is 1.11 bits per heavy atom. The Bertz CT molecular complexity index is 1610. The number of methoxy groups -OCH3 is 1. The molecule has 4 aromatic rings. The van der Waals surface area contributed by atoms with E-state index < -0.39 is 27.6 Å². The van der Waals surface area contributed by atoms with Gasteiger partial charge in [0, 0.05) is 30.5 Å². The van der Waals surface area contributed by atoms with E-state index in [1.165, 1.54) is 66.3 Å². The van der Waals surface area contributed by atoms with Gasteiger partial charge in [-0.2, -0.15) is 4.99 Å². The van der Waals surface area contributed by atoms with Gasteiger partial charge in [-0.25, -0.2) is 17.2 Å². The fourth-order valence-corrected chi connectivity index (χ4v) is 5.70. The van der Waals surface area contributed by atoms with Crippen LogP contribution in [-0.2, 0) is 21.3 Å². The van der Waals surface area contributed by atoms with Gasteiger partial charge in [0.1, 0.15) is 11.6 Å². The molecule has 0 aliphatic carbocycles. The molecule has 12 heteroatoms. The first-order valence-electron chi connectivity index (χ1n) is 11.1. The number of anilines is 1. The molecular weight excluding hydrogens is 524 g/mol. The van der Waals surface area contributed by atoms with Crippen LogP contribution in [0.2, 0.25) is 0 Å². The number of sulfonamides is 1. The van der Waals surface area contributed by atoms with Crippen molar-refractivity contribution in [1.82, 2.24) is 4.57 Å². The minimum Gasteiger partial charge on any atom is -0.497 e. The third-order valence-electron chi connectivity index (χ3n) is 5.29. The first kappa shape index (κ1) is 26.5. The van der Waals surface area contributed by atoms with Gasteiger partial charge in [-0.15, -0.1) is 0 Å². The van der Waals surface area contributed by atoms with Crippen molar-refractivity contribution in [2.45, 2.75) is 18.4 Å². The van der Waals surface area contributed by atoms with Crippen LogP contribution in [0.1, 0.15) is 17.3 Å². The zero-order valence-electron chi connectivity index (χ0n) is 19.9. The van der Waals surface area contributed by atoms with E-state index >= 15 is 0 Å². The van der Waals surface area contributed by atoms with Crippen molar-refractivity contribution in [3.8, 4) is 5.75 Å². The van der Waals surface area contributed by atoms with Crippen LogP contribution in [0.15, 0.2) is 70.6 Å². The Kier molecular flexibility index (Phi) is 8.00. The molecule has 0 atom stereocenters. The highest BCUT2D eigenvalue weighted by Gasteiger charge is 2.17. The van der Waals surface area contributed by atoms with Crippen LogP contribution < -0.4 is 14.3 Å². The number of rotatable bonds is 9. The molecule has 1 aromatic heterocycles. The van der Waals surface area contributed by atoms with Crippen molar-refractivity contribution in [1.29, 1.82) is 0 Å². The van der Waals surface area contributed by atoms with Crippen molar-refractivity contribution in [2.24, 2.45) is 4.99 Å². The van der Waals surface area contributed by atoms with Crippen LogP contribution in [-0.4, -0.2) is 39.2 Å². The Morgan fingerprint density at radius 2 is 1.86 bits per heavy atom. The summed E-state index contributed by atoms with van der Waals surface area (Å²) in [4.78, 5) is 17.3. The number of nitrogens with one attached hydrogen (secondary N) is 1. The number of amides is 1. The van der Waals surface area contributed by atoms with E-state index in [1.807, 2.05) is 6.92 Å². The second-order valence-corrected chi connectivity index (χ2v) is 10.4. The van der Waals surface area contributed by atoms with Gasteiger partial charge in [-0.05, 0) is 55.5 Å². The summed E-state index contributed by atoms with van der Waals surface area (Å²) < 4.78 is 68.5. The second kappa shape index (κ2) is 11.2. The zero-order valence-corrected chi connectivity index (χ0v) is 21.5. The van der Waals surface area contributed by atoms with Gasteiger partial charge in [-0.3, -0.25) is 9.52 Å². The van der Waals surface area contributed by atoms with Crippen molar-refractivity contribution in [3.63, 3.8) is 0 Å². The first-order chi connectivity index (χ1) is 17.7. The Labute approximate surface area is 215 Å². The second-order valence-electron chi connectivity index (χ2n) is 7.75. The van der Waals surface area contributed by atoms with Crippen LogP contribution in [0, 0.1) is 11.6 Å². The highest BCUT2D eigenvalue weighted by Crippen LogP contribution is 2.23. The van der Waals surface area contributed by atoms with E-state index in [1.54, 1.807) is 0 Å². The number of aromatic nitrogens is 1. The van der Waals surface area contributed by atoms with Gasteiger partial charge < -0.3 is 14.0 Å². The van der Waals surface area contributed by atoms with E-state index in [4.69, 9.17) is 9.47 Å². The van der Waals surface area contributed by atoms with Gasteiger partial charge >= 0.3 is 0 Å². The highest BCUT2D eigenvalue weighted by atomic mass is 32.2. The molecule has 1 amide bonds. The number of fused-ring (bicyclic) bond motifs is 1. The molecular formula is C25H23F2N3O5S2. The first-order valence-corrected chi connectivity index (χ1v) is 13.4. The molecule has 4 rings (SSSR count). The van der Waals surface area contributed by atoms with Crippen molar-refractivity contribution in [3.05, 3.63) is 82.7 Å². The van der Waals surface area contributed by atoms with Crippen LogP contribution >= 0.6 is 11.3 Å². The smallest absolute Gasteiger partial charge is 0.279 e. The van der Waals surface area contributed by atoms with Crippen LogP contribution in [0.5, 0.6) is 5.75 Å². The van der Waals surface area contributed by atoms with Crippen LogP contribution in [0.4, 0.5) is 14.5 Å². The van der Waals surface area contributed by atoms with Gasteiger partial charge in [0.05, 0.1) is 28.8 Å². The molecule has 0 unspecified atom stereocenters. The van der Waals surface area contributed by atoms with E-state index in [-0.39, 0.29) is 39.6 Å². The topological polar surface area (TPSA) is 99.0 Å². The number of nitrogens with zero attached hydrogens (tertiary/aromatic N) is 2. The van der Waals surface area contributed by atoms with Crippen molar-refractivity contribution in [2.75, 3.05) is 25.0 Å². The molecule has 0 bridgehead atoms. The minimum absolute atomic E-state index is 0.0181. The van der Waals surface area contributed by atoms with Crippen molar-refractivity contribution >= 4 is 43.2 Å². The summed E-state index contributed by atoms with van der Waals surface area (Å²) >= 11 is 0.966. The molecule has 0 aliphatic rings. The zero-order chi connectivity index (χ0) is 26.6. The van der Waals surface area contributed by atoms with Gasteiger partial charge in [-0.1, -0.05) is 17.4 Å². The summed E-state index contributed by atoms with van der Waals surface area (Å²) in [5.74, 6) is -1.68. The lowest BCUT2D eigenvalue weighted by atomic mass is 10.2. The summed E-state index contributed by atoms with van der Waals surface area (Å²) in [5, 5.41) is 0. The number of carbonyl (C=O) groups excluding carboxylic acids is 1. The normalized spacial score (nSPS) is 12.2. The number of ether oxygens (including phenoxy) is 2. The monoisotopic (exact) mass is 547 g/mol. The summed E-state index contributed by atoms with van der Waals surface area (Å²) in [7, 11) is -2.45. The third kappa shape index (κ3) is 6.04. The summed E-state index contributed by atoms with van der Waals surface area (Å²) in [6.45, 7) is 2.70. The maximum atomic E-state index is 14.6. The molecule has 1 N–H and O–H groups in total. The molecule has 0 radical (unpaired) electrons. The maximum Gasteiger partial charge on any atom is 0.279 e. The predicted molar refractivity (Wildman–Crippen MR) is 136 cm³/mol. The Hall–Kier alpha value is -3.61. The standard InChI is InChI=1S/C25H23F2N3O5S2/c1-3-35-12-11-30-23-21(27)14-17(26)15-22(23)36-25(30)28-24(31)16-5-4-6-18(13-16)29-37(32,33)20-9-7-19(34-2)8-10-20/h4-10,13-15,29H,3,11-12H2,1-2H3. The summed E-state index contributed by atoms with van der Waals surface area (Å²) in [5.41, 5.74) is 0.389. The SMILES string of the molecule is CCOCCn1c(=NC(=O)c2cccc(NS(=O)(=O)c3ccc(OC)cc3)c2)sc2cc(F)cc(F)c21. The Morgan fingerprint density at radius 3 is 2.57 bits per heavy atom. The number of hydrogen-bond acceptors (Lipinski definition) is 6. The van der Waals surface area contributed by atoms with Gasteiger partial charge in [0.15, 0.2) is 10.6 Å². The number of benzene rings is 3. The van der Waals surface area contributed by atoms with Crippen molar-refractivity contribution < 1.29 is 31.5 Å². The van der Waals surface area contributed by atoms with E-state index in [2.05, 4.69) is 9.71 Å². The average Bonchev–Trinajstić information content (AvgIpc) is 3.21. The molecule has 0 saturated heterocycles. The summed E-state index contributed by atoms with van der Waals surface area (Å²) in [6, 6.07) is 13.6. The lowest BCUT2D eigenvalue weighted by Gasteiger charge is -2.09. The maximum absolute atomic E-state index is 14.6. The Balaban J connectivity index is 1.66. The molecule has 0 fully saturated rings. The van der Waals surface area contributed by atoms with Crippen LogP contribution in [0.3, 0.4) is 0 Å². The lowest BCUT2D eigenvalue weighted by molar-refractivity contribution is 0.0996.